The van der Waals surface area contributed by atoms with E-state index in [4.69, 9.17) is 4.74 Å². The average Bonchev–Trinajstić information content (AvgIpc) is 2.73. The number of fused-ring (bicyclic) bond motifs is 2. The molecule has 2 aliphatic carbocycles. The third-order valence-corrected chi connectivity index (χ3v) is 6.15. The Kier molecular flexibility index (Phi) is 3.59. The molecule has 0 spiro atoms. The summed E-state index contributed by atoms with van der Waals surface area (Å²) in [5.74, 6) is -0.598. The van der Waals surface area contributed by atoms with Crippen molar-refractivity contribution >= 4 is 0 Å². The van der Waals surface area contributed by atoms with E-state index < -0.39 is 29.0 Å². The highest BCUT2D eigenvalue weighted by molar-refractivity contribution is 5.52. The van der Waals surface area contributed by atoms with Gasteiger partial charge in [0.2, 0.25) is 5.41 Å². The minimum Gasteiger partial charge on any atom is -0.362 e. The molecular formula is C21H16N4O. The van der Waals surface area contributed by atoms with Gasteiger partial charge in [-0.05, 0) is 36.8 Å². The predicted molar refractivity (Wildman–Crippen MR) is 90.4 cm³/mol. The first-order valence-corrected chi connectivity index (χ1v) is 8.76. The Morgan fingerprint density at radius 1 is 0.808 bits per heavy atom. The SMILES string of the molecule is N#CC1(C#N)C2OC(c3ccccc3)C(C3=C2CCCC3)C1(C#N)C#N. The van der Waals surface area contributed by atoms with Crippen molar-refractivity contribution in [2.75, 3.05) is 0 Å². The molecule has 26 heavy (non-hydrogen) atoms. The fourth-order valence-corrected chi connectivity index (χ4v) is 4.97. The molecular weight excluding hydrogens is 324 g/mol. The van der Waals surface area contributed by atoms with Crippen molar-refractivity contribution in [3.8, 4) is 24.3 Å². The van der Waals surface area contributed by atoms with Crippen molar-refractivity contribution in [3.63, 3.8) is 0 Å². The lowest BCUT2D eigenvalue weighted by Crippen LogP contribution is -2.63. The van der Waals surface area contributed by atoms with Crippen LogP contribution in [0.15, 0.2) is 41.5 Å². The van der Waals surface area contributed by atoms with Gasteiger partial charge in [0.15, 0.2) is 5.41 Å². The van der Waals surface area contributed by atoms with Crippen LogP contribution in [-0.4, -0.2) is 6.10 Å². The maximum atomic E-state index is 10.1. The molecule has 3 atom stereocenters. The van der Waals surface area contributed by atoms with Gasteiger partial charge in [-0.1, -0.05) is 35.9 Å². The first kappa shape index (κ1) is 16.4. The number of ether oxygens (including phenoxy) is 1. The number of hydrogen-bond acceptors (Lipinski definition) is 5. The molecule has 5 heteroatoms. The molecule has 4 aliphatic rings. The zero-order valence-electron chi connectivity index (χ0n) is 14.1. The molecule has 0 aromatic heterocycles. The van der Waals surface area contributed by atoms with E-state index in [0.717, 1.165) is 42.4 Å². The topological polar surface area (TPSA) is 104 Å². The second-order valence-electron chi connectivity index (χ2n) is 7.15. The van der Waals surface area contributed by atoms with Crippen LogP contribution >= 0.6 is 0 Å². The van der Waals surface area contributed by atoms with E-state index in [1.54, 1.807) is 0 Å². The molecule has 0 amide bonds. The second kappa shape index (κ2) is 5.71. The van der Waals surface area contributed by atoms with Crippen LogP contribution in [0.2, 0.25) is 0 Å². The van der Waals surface area contributed by atoms with E-state index in [0.29, 0.717) is 0 Å². The van der Waals surface area contributed by atoms with Crippen molar-refractivity contribution in [1.82, 2.24) is 0 Å². The number of benzene rings is 1. The summed E-state index contributed by atoms with van der Waals surface area (Å²) in [5.41, 5.74) is -0.638. The number of nitrogens with zero attached hydrogens (tertiary/aromatic N) is 4. The summed E-state index contributed by atoms with van der Waals surface area (Å²) in [6, 6.07) is 17.8. The lowest BCUT2D eigenvalue weighted by Gasteiger charge is -2.57. The molecule has 2 bridgehead atoms. The summed E-state index contributed by atoms with van der Waals surface area (Å²) in [5, 5.41) is 40.0. The van der Waals surface area contributed by atoms with Crippen LogP contribution in [0.4, 0.5) is 0 Å². The van der Waals surface area contributed by atoms with Crippen LogP contribution in [0.1, 0.15) is 37.4 Å². The van der Waals surface area contributed by atoms with Gasteiger partial charge in [0.1, 0.15) is 6.10 Å². The van der Waals surface area contributed by atoms with Gasteiger partial charge in [0, 0.05) is 5.92 Å². The molecule has 2 heterocycles. The number of rotatable bonds is 1. The lowest BCUT2D eigenvalue weighted by atomic mass is 9.46. The Hall–Kier alpha value is -3.12. The van der Waals surface area contributed by atoms with Gasteiger partial charge in [-0.3, -0.25) is 0 Å². The Labute approximate surface area is 152 Å². The highest BCUT2D eigenvalue weighted by Crippen LogP contribution is 2.66. The predicted octanol–water partition coefficient (Wildman–Crippen LogP) is 3.69. The van der Waals surface area contributed by atoms with Crippen molar-refractivity contribution in [3.05, 3.63) is 47.0 Å². The van der Waals surface area contributed by atoms with Gasteiger partial charge < -0.3 is 4.74 Å². The molecule has 3 unspecified atom stereocenters. The maximum absolute atomic E-state index is 10.1. The highest BCUT2D eigenvalue weighted by atomic mass is 16.5. The quantitative estimate of drug-likeness (QED) is 0.725. The van der Waals surface area contributed by atoms with Gasteiger partial charge in [-0.25, -0.2) is 0 Å². The van der Waals surface area contributed by atoms with Crippen LogP contribution in [0.25, 0.3) is 0 Å². The smallest absolute Gasteiger partial charge is 0.205 e. The number of nitriles is 4. The molecule has 0 N–H and O–H groups in total. The highest BCUT2D eigenvalue weighted by Gasteiger charge is 2.73. The van der Waals surface area contributed by atoms with Crippen molar-refractivity contribution in [2.24, 2.45) is 16.7 Å². The summed E-state index contributed by atoms with van der Waals surface area (Å²) in [4.78, 5) is 0. The van der Waals surface area contributed by atoms with Gasteiger partial charge >= 0.3 is 0 Å². The molecule has 5 rings (SSSR count). The van der Waals surface area contributed by atoms with E-state index in [9.17, 15) is 21.0 Å². The number of hydrogen-bond donors (Lipinski definition) is 0. The first-order valence-electron chi connectivity index (χ1n) is 8.76. The van der Waals surface area contributed by atoms with Gasteiger partial charge in [-0.15, -0.1) is 0 Å². The van der Waals surface area contributed by atoms with E-state index in [2.05, 4.69) is 12.1 Å². The third kappa shape index (κ3) is 1.74. The fourth-order valence-electron chi connectivity index (χ4n) is 4.97. The van der Waals surface area contributed by atoms with E-state index in [1.165, 1.54) is 0 Å². The summed E-state index contributed by atoms with van der Waals surface area (Å²) >= 11 is 0. The first-order chi connectivity index (χ1) is 12.7. The van der Waals surface area contributed by atoms with E-state index >= 15 is 0 Å². The molecule has 0 saturated carbocycles. The third-order valence-electron chi connectivity index (χ3n) is 6.15. The fraction of sp³-hybridized carbons (Fsp3) is 0.429. The minimum absolute atomic E-state index is 0.493. The van der Waals surface area contributed by atoms with Crippen LogP contribution in [0.3, 0.4) is 0 Å². The van der Waals surface area contributed by atoms with Crippen LogP contribution in [-0.2, 0) is 4.74 Å². The Balaban J connectivity index is 2.02. The summed E-state index contributed by atoms with van der Waals surface area (Å²) < 4.78 is 6.29. The molecule has 0 radical (unpaired) electrons. The van der Waals surface area contributed by atoms with E-state index in [1.807, 2.05) is 42.5 Å². The normalized spacial score (nSPS) is 30.2. The molecule has 5 nitrogen and oxygen atoms in total. The van der Waals surface area contributed by atoms with Crippen LogP contribution < -0.4 is 0 Å². The van der Waals surface area contributed by atoms with Crippen LogP contribution in [0, 0.1) is 62.1 Å². The molecule has 1 fully saturated rings. The Morgan fingerprint density at radius 2 is 1.38 bits per heavy atom. The van der Waals surface area contributed by atoms with Gasteiger partial charge in [0.25, 0.3) is 0 Å². The molecule has 1 aromatic rings. The molecule has 2 aliphatic heterocycles. The second-order valence-corrected chi connectivity index (χ2v) is 7.15. The standard InChI is InChI=1S/C21H16N4O/c22-10-20(11-23)17-15-8-4-5-9-16(15)19(21(20,12-24)13-25)26-18(17)14-6-2-1-3-7-14/h1-3,6-7,17-19H,4-5,8-9H2. The van der Waals surface area contributed by atoms with Crippen molar-refractivity contribution in [1.29, 1.82) is 21.0 Å². The van der Waals surface area contributed by atoms with E-state index in [-0.39, 0.29) is 0 Å². The van der Waals surface area contributed by atoms with Crippen LogP contribution in [0.5, 0.6) is 0 Å². The van der Waals surface area contributed by atoms with Gasteiger partial charge in [-0.2, -0.15) is 21.0 Å². The molecule has 1 aromatic carbocycles. The Bertz CT molecular complexity index is 923. The molecule has 126 valence electrons. The average molecular weight is 340 g/mol. The summed E-state index contributed by atoms with van der Waals surface area (Å²) in [6.07, 6.45) is 2.19. The zero-order chi connectivity index (χ0) is 18.4. The largest absolute Gasteiger partial charge is 0.362 e. The summed E-state index contributed by atoms with van der Waals surface area (Å²) in [6.45, 7) is 0. The Morgan fingerprint density at radius 3 is 1.96 bits per heavy atom. The minimum atomic E-state index is -1.80. The van der Waals surface area contributed by atoms with Crippen molar-refractivity contribution < 1.29 is 4.74 Å². The lowest BCUT2D eigenvalue weighted by molar-refractivity contribution is -0.159. The monoisotopic (exact) mass is 340 g/mol. The zero-order valence-corrected chi connectivity index (χ0v) is 14.1. The summed E-state index contributed by atoms with van der Waals surface area (Å²) in [7, 11) is 0. The molecule has 1 saturated heterocycles. The van der Waals surface area contributed by atoms with Crippen molar-refractivity contribution in [2.45, 2.75) is 37.9 Å². The maximum Gasteiger partial charge on any atom is 0.205 e. The van der Waals surface area contributed by atoms with Gasteiger partial charge in [0.05, 0.1) is 30.4 Å².